The second-order valence-corrected chi connectivity index (χ2v) is 14.9. The van der Waals surface area contributed by atoms with Gasteiger partial charge in [-0.1, -0.05) is 146 Å². The molecule has 12 aromatic rings. The van der Waals surface area contributed by atoms with Gasteiger partial charge in [0.25, 0.3) is 0 Å². The second-order valence-electron chi connectivity index (χ2n) is 14.9. The molecule has 2 aromatic heterocycles. The lowest BCUT2D eigenvalue weighted by atomic mass is 9.95. The van der Waals surface area contributed by atoms with E-state index in [2.05, 4.69) is 210 Å². The zero-order valence-electron chi connectivity index (χ0n) is 30.9. The molecular weight excluding hydrogens is 693 g/mol. The van der Waals surface area contributed by atoms with Gasteiger partial charge < -0.3 is 13.9 Å². The van der Waals surface area contributed by atoms with Crippen molar-refractivity contribution in [3.63, 3.8) is 0 Å². The average molecular weight is 727 g/mol. The Labute approximate surface area is 328 Å². The molecule has 0 aliphatic carbocycles. The molecule has 2 heterocycles. The highest BCUT2D eigenvalue weighted by atomic mass is 16.3. The molecule has 0 amide bonds. The number of aromatic nitrogens is 1. The number of hydrogen-bond donors (Lipinski definition) is 0. The van der Waals surface area contributed by atoms with Crippen LogP contribution in [0.3, 0.4) is 0 Å². The number of fused-ring (bicyclic) bond motifs is 11. The summed E-state index contributed by atoms with van der Waals surface area (Å²) in [6.45, 7) is 0. The number of furan rings is 1. The number of benzene rings is 10. The quantitative estimate of drug-likeness (QED) is 0.165. The van der Waals surface area contributed by atoms with Gasteiger partial charge in [-0.25, -0.2) is 0 Å². The summed E-state index contributed by atoms with van der Waals surface area (Å²) in [5.74, 6) is 0. The lowest BCUT2D eigenvalue weighted by Crippen LogP contribution is -2.12. The van der Waals surface area contributed by atoms with E-state index in [9.17, 15) is 0 Å². The molecule has 0 aliphatic heterocycles. The highest BCUT2D eigenvalue weighted by Crippen LogP contribution is 2.48. The Morgan fingerprint density at radius 1 is 0.368 bits per heavy atom. The van der Waals surface area contributed by atoms with Crippen LogP contribution in [0.1, 0.15) is 0 Å². The summed E-state index contributed by atoms with van der Waals surface area (Å²) < 4.78 is 8.93. The molecule has 266 valence electrons. The molecule has 0 fully saturated rings. The van der Waals surface area contributed by atoms with Crippen molar-refractivity contribution in [3.05, 3.63) is 206 Å². The molecule has 3 heteroatoms. The summed E-state index contributed by atoms with van der Waals surface area (Å²) >= 11 is 0. The van der Waals surface area contributed by atoms with Crippen LogP contribution in [0, 0.1) is 0 Å². The minimum Gasteiger partial charge on any atom is -0.456 e. The summed E-state index contributed by atoms with van der Waals surface area (Å²) in [5.41, 5.74) is 10.7. The van der Waals surface area contributed by atoms with Crippen LogP contribution in [0.2, 0.25) is 0 Å². The number of anilines is 3. The van der Waals surface area contributed by atoms with E-state index in [1.807, 2.05) is 6.07 Å². The molecule has 0 bridgehead atoms. The fourth-order valence-corrected chi connectivity index (χ4v) is 9.21. The molecule has 0 atom stereocenters. The van der Waals surface area contributed by atoms with Crippen molar-refractivity contribution in [1.82, 2.24) is 4.57 Å². The molecule has 10 aromatic carbocycles. The third-order valence-electron chi connectivity index (χ3n) is 11.7. The Hall–Kier alpha value is -7.62. The zero-order chi connectivity index (χ0) is 37.5. The maximum absolute atomic E-state index is 6.53. The largest absolute Gasteiger partial charge is 0.456 e. The van der Waals surface area contributed by atoms with Gasteiger partial charge in [-0.2, -0.15) is 0 Å². The number of nitrogens with zero attached hydrogens (tertiary/aromatic N) is 2. The van der Waals surface area contributed by atoms with E-state index in [0.29, 0.717) is 0 Å². The van der Waals surface area contributed by atoms with Gasteiger partial charge in [0.1, 0.15) is 11.2 Å². The normalized spacial score (nSPS) is 11.9. The van der Waals surface area contributed by atoms with E-state index in [-0.39, 0.29) is 0 Å². The molecule has 3 nitrogen and oxygen atoms in total. The van der Waals surface area contributed by atoms with Gasteiger partial charge in [-0.05, 0) is 98.5 Å². The van der Waals surface area contributed by atoms with Gasteiger partial charge in [0.2, 0.25) is 0 Å². The van der Waals surface area contributed by atoms with Crippen LogP contribution in [0.4, 0.5) is 17.1 Å². The first-order valence-electron chi connectivity index (χ1n) is 19.5. The van der Waals surface area contributed by atoms with Crippen molar-refractivity contribution in [2.45, 2.75) is 0 Å². The van der Waals surface area contributed by atoms with Crippen LogP contribution in [0.25, 0.3) is 92.9 Å². The van der Waals surface area contributed by atoms with E-state index >= 15 is 0 Å². The minimum absolute atomic E-state index is 0.860. The smallest absolute Gasteiger partial charge is 0.137 e. The monoisotopic (exact) mass is 726 g/mol. The lowest BCUT2D eigenvalue weighted by molar-refractivity contribution is 0.669. The molecule has 0 radical (unpaired) electrons. The van der Waals surface area contributed by atoms with E-state index in [1.165, 1.54) is 54.1 Å². The van der Waals surface area contributed by atoms with Crippen LogP contribution in [0.15, 0.2) is 211 Å². The van der Waals surface area contributed by atoms with Gasteiger partial charge in [-0.15, -0.1) is 0 Å². The second kappa shape index (κ2) is 12.5. The predicted molar refractivity (Wildman–Crippen MR) is 241 cm³/mol. The van der Waals surface area contributed by atoms with Gasteiger partial charge in [0.05, 0.1) is 27.8 Å². The fraction of sp³-hybridized carbons (Fsp3) is 0. The van der Waals surface area contributed by atoms with Gasteiger partial charge in [0, 0.05) is 33.1 Å². The predicted octanol–water partition coefficient (Wildman–Crippen LogP) is 15.3. The van der Waals surface area contributed by atoms with Crippen molar-refractivity contribution in [1.29, 1.82) is 0 Å². The van der Waals surface area contributed by atoms with Crippen LogP contribution in [-0.2, 0) is 0 Å². The number of hydrogen-bond acceptors (Lipinski definition) is 2. The van der Waals surface area contributed by atoms with Crippen LogP contribution in [-0.4, -0.2) is 4.57 Å². The fourth-order valence-electron chi connectivity index (χ4n) is 9.21. The van der Waals surface area contributed by atoms with E-state index in [0.717, 1.165) is 55.8 Å². The van der Waals surface area contributed by atoms with Crippen molar-refractivity contribution in [3.8, 4) is 16.8 Å². The van der Waals surface area contributed by atoms with E-state index < -0.39 is 0 Å². The Balaban J connectivity index is 1.19. The van der Waals surface area contributed by atoms with Crippen molar-refractivity contribution in [2.24, 2.45) is 0 Å². The van der Waals surface area contributed by atoms with Crippen molar-refractivity contribution >= 4 is 93.1 Å². The van der Waals surface area contributed by atoms with E-state index in [4.69, 9.17) is 4.42 Å². The molecule has 0 unspecified atom stereocenters. The standard InChI is InChI=1S/C54H34N2O/c1-2-13-35(14-3-1)45-33-40(55-47-20-9-6-17-42(47)43-18-7-10-21-48(43)55)31-32-49(45)56(50-22-12-24-52-54(50)44-19-8-11-23-51(44)57-52)39-30-29-37-26-28-38-27-25-36-15-4-5-16-41(36)53(38)46(37)34-39/h1-34H. The molecule has 0 N–H and O–H groups in total. The zero-order valence-corrected chi connectivity index (χ0v) is 30.9. The Bertz CT molecular complexity index is 3480. The Kier molecular flexibility index (Phi) is 6.93. The molecule has 0 spiro atoms. The first-order valence-corrected chi connectivity index (χ1v) is 19.5. The lowest BCUT2D eigenvalue weighted by Gasteiger charge is -2.29. The number of rotatable bonds is 5. The summed E-state index contributed by atoms with van der Waals surface area (Å²) in [5, 5.41) is 12.1. The minimum atomic E-state index is 0.860. The first-order chi connectivity index (χ1) is 28.3. The first kappa shape index (κ1) is 31.7. The maximum Gasteiger partial charge on any atom is 0.137 e. The molecule has 0 aliphatic rings. The summed E-state index contributed by atoms with van der Waals surface area (Å²) in [4.78, 5) is 2.45. The highest BCUT2D eigenvalue weighted by Gasteiger charge is 2.24. The SMILES string of the molecule is c1ccc(-c2cc(-n3c4ccccc4c4ccccc43)ccc2N(c2ccc3ccc4ccc5ccccc5c4c3c2)c2cccc3oc4ccccc4c23)cc1. The van der Waals surface area contributed by atoms with E-state index in [1.54, 1.807) is 0 Å². The Morgan fingerprint density at radius 3 is 1.77 bits per heavy atom. The van der Waals surface area contributed by atoms with Gasteiger partial charge in [0.15, 0.2) is 0 Å². The van der Waals surface area contributed by atoms with Crippen LogP contribution in [0.5, 0.6) is 0 Å². The highest BCUT2D eigenvalue weighted by molar-refractivity contribution is 6.21. The third kappa shape index (κ3) is 4.86. The van der Waals surface area contributed by atoms with Gasteiger partial charge >= 0.3 is 0 Å². The average Bonchev–Trinajstić information content (AvgIpc) is 3.83. The summed E-state index contributed by atoms with van der Waals surface area (Å²) in [7, 11) is 0. The Morgan fingerprint density at radius 2 is 0.982 bits per heavy atom. The van der Waals surface area contributed by atoms with Crippen LogP contribution >= 0.6 is 0 Å². The molecule has 57 heavy (non-hydrogen) atoms. The summed E-state index contributed by atoms with van der Waals surface area (Å²) in [6, 6.07) is 74.7. The number of para-hydroxylation sites is 3. The molecule has 12 rings (SSSR count). The topological polar surface area (TPSA) is 21.3 Å². The van der Waals surface area contributed by atoms with Crippen molar-refractivity contribution in [2.75, 3.05) is 4.90 Å². The molecule has 0 saturated carbocycles. The maximum atomic E-state index is 6.53. The molecule has 0 saturated heterocycles. The van der Waals surface area contributed by atoms with Crippen molar-refractivity contribution < 1.29 is 4.42 Å². The third-order valence-corrected chi connectivity index (χ3v) is 11.7. The van der Waals surface area contributed by atoms with Gasteiger partial charge in [-0.3, -0.25) is 0 Å². The summed E-state index contributed by atoms with van der Waals surface area (Å²) in [6.07, 6.45) is 0. The van der Waals surface area contributed by atoms with Crippen LogP contribution < -0.4 is 4.90 Å². The molecular formula is C54H34N2O.